The molecule has 0 spiro atoms. The van der Waals surface area contributed by atoms with Crippen LogP contribution in [0.4, 0.5) is 11.4 Å². The third-order valence-corrected chi connectivity index (χ3v) is 5.79. The molecule has 0 fully saturated rings. The molecule has 162 valence electrons. The second-order valence-corrected chi connectivity index (χ2v) is 8.07. The van der Waals surface area contributed by atoms with Crippen molar-refractivity contribution in [1.29, 1.82) is 0 Å². The molecule has 4 nitrogen and oxygen atoms in total. The van der Waals surface area contributed by atoms with Crippen LogP contribution in [0, 0.1) is 0 Å². The molecule has 0 aliphatic heterocycles. The van der Waals surface area contributed by atoms with E-state index in [0.29, 0.717) is 11.4 Å². The number of hydrogen-bond acceptors (Lipinski definition) is 5. The molecular weight excluding hydrogens is 424 g/mol. The Morgan fingerprint density at radius 3 is 2.06 bits per heavy atom. The number of rotatable bonds is 7. The van der Waals surface area contributed by atoms with Crippen LogP contribution < -0.4 is 11.5 Å². The van der Waals surface area contributed by atoms with E-state index in [2.05, 4.69) is 35.3 Å². The Hall–Kier alpha value is -2.76. The number of nitrogens with zero attached hydrogens (tertiary/aromatic N) is 2. The second kappa shape index (κ2) is 13.5. The topological polar surface area (TPSA) is 77.8 Å². The van der Waals surface area contributed by atoms with E-state index in [1.165, 1.54) is 17.7 Å². The zero-order valence-corrected chi connectivity index (χ0v) is 19.1. The van der Waals surface area contributed by atoms with Crippen molar-refractivity contribution in [3.05, 3.63) is 90.9 Å². The highest BCUT2D eigenvalue weighted by Crippen LogP contribution is 2.28. The summed E-state index contributed by atoms with van der Waals surface area (Å²) in [5.74, 6) is 1.15. The van der Waals surface area contributed by atoms with E-state index in [0.717, 1.165) is 35.2 Å². The van der Waals surface area contributed by atoms with Gasteiger partial charge in [0.15, 0.2) is 0 Å². The van der Waals surface area contributed by atoms with E-state index in [1.807, 2.05) is 54.2 Å². The summed E-state index contributed by atoms with van der Waals surface area (Å²) in [6.07, 6.45) is 7.84. The fourth-order valence-corrected chi connectivity index (χ4v) is 4.02. The van der Waals surface area contributed by atoms with Crippen molar-refractivity contribution in [2.24, 2.45) is 0 Å². The summed E-state index contributed by atoms with van der Waals surface area (Å²) in [6.45, 7) is 0. The number of nitrogen functional groups attached to an aromatic ring is 2. The summed E-state index contributed by atoms with van der Waals surface area (Å²) < 4.78 is 0. The zero-order valence-electron chi connectivity index (χ0n) is 17.5. The summed E-state index contributed by atoms with van der Waals surface area (Å²) in [7, 11) is 0. The van der Waals surface area contributed by atoms with Crippen molar-refractivity contribution < 1.29 is 0 Å². The molecule has 0 aliphatic carbocycles. The van der Waals surface area contributed by atoms with Gasteiger partial charge >= 0.3 is 0 Å². The van der Waals surface area contributed by atoms with Gasteiger partial charge in [-0.25, -0.2) is 0 Å². The highest BCUT2D eigenvalue weighted by atomic mass is 35.5. The standard InChI is InChI=1S/C20H23N3S.C5H5N.ClH/c21-19-16-11-6-7-12-17(16)23-18(20(19)22)13-5-2-8-14-24-15-9-3-1-4-10-15;1-2-4-6-5-3-1;/h1,3-4,6-7,9-12H,2,5,8,13-14,22H2,(H2,21,23);1-5H;1H. The SMILES string of the molecule is Cl.Nc1c(CCCCCSc2ccccc2)nc2ccccc2c1N.c1ccncc1. The number of anilines is 2. The van der Waals surface area contributed by atoms with Crippen LogP contribution in [0.15, 0.2) is 90.1 Å². The molecule has 31 heavy (non-hydrogen) atoms. The average Bonchev–Trinajstić information content (AvgIpc) is 2.81. The van der Waals surface area contributed by atoms with Gasteiger partial charge in [0.05, 0.1) is 22.6 Å². The van der Waals surface area contributed by atoms with Crippen molar-refractivity contribution in [2.45, 2.75) is 30.6 Å². The minimum Gasteiger partial charge on any atom is -0.396 e. The number of aryl methyl sites for hydroxylation is 1. The maximum absolute atomic E-state index is 6.17. The molecule has 4 N–H and O–H groups in total. The number of para-hydroxylation sites is 1. The van der Waals surface area contributed by atoms with Crippen molar-refractivity contribution in [3.8, 4) is 0 Å². The summed E-state index contributed by atoms with van der Waals surface area (Å²) in [4.78, 5) is 9.81. The van der Waals surface area contributed by atoms with E-state index < -0.39 is 0 Å². The third kappa shape index (κ3) is 7.78. The number of thioether (sulfide) groups is 1. The van der Waals surface area contributed by atoms with Crippen LogP contribution in [-0.4, -0.2) is 15.7 Å². The molecule has 4 aromatic rings. The molecule has 2 aromatic carbocycles. The largest absolute Gasteiger partial charge is 0.396 e. The van der Waals surface area contributed by atoms with Crippen LogP contribution in [0.2, 0.25) is 0 Å². The molecule has 0 bridgehead atoms. The smallest absolute Gasteiger partial charge is 0.0773 e. The maximum Gasteiger partial charge on any atom is 0.0773 e. The number of nitrogens with two attached hydrogens (primary N) is 2. The van der Waals surface area contributed by atoms with Crippen molar-refractivity contribution >= 4 is 46.4 Å². The molecule has 2 heterocycles. The first kappa shape index (κ1) is 24.5. The van der Waals surface area contributed by atoms with Gasteiger partial charge in [-0.15, -0.1) is 24.2 Å². The number of hydrogen-bond donors (Lipinski definition) is 2. The Labute approximate surface area is 194 Å². The second-order valence-electron chi connectivity index (χ2n) is 6.90. The molecule has 0 unspecified atom stereocenters. The summed E-state index contributed by atoms with van der Waals surface area (Å²) in [5.41, 5.74) is 15.5. The van der Waals surface area contributed by atoms with Crippen LogP contribution in [0.1, 0.15) is 25.0 Å². The van der Waals surface area contributed by atoms with E-state index in [4.69, 9.17) is 16.5 Å². The van der Waals surface area contributed by atoms with Crippen LogP contribution >= 0.6 is 24.2 Å². The van der Waals surface area contributed by atoms with E-state index in [-0.39, 0.29) is 12.4 Å². The lowest BCUT2D eigenvalue weighted by atomic mass is 10.1. The predicted molar refractivity (Wildman–Crippen MR) is 137 cm³/mol. The normalized spacial score (nSPS) is 10.1. The highest BCUT2D eigenvalue weighted by Gasteiger charge is 2.09. The maximum atomic E-state index is 6.17. The Morgan fingerprint density at radius 2 is 1.39 bits per heavy atom. The van der Waals surface area contributed by atoms with Gasteiger partial charge in [0, 0.05) is 22.7 Å². The number of halogens is 1. The van der Waals surface area contributed by atoms with E-state index >= 15 is 0 Å². The van der Waals surface area contributed by atoms with Gasteiger partial charge in [-0.1, -0.05) is 48.9 Å². The lowest BCUT2D eigenvalue weighted by Gasteiger charge is -2.11. The fourth-order valence-electron chi connectivity index (χ4n) is 3.09. The lowest BCUT2D eigenvalue weighted by molar-refractivity contribution is 0.715. The minimum atomic E-state index is 0. The number of fused-ring (bicyclic) bond motifs is 1. The zero-order chi connectivity index (χ0) is 21.0. The number of unbranched alkanes of at least 4 members (excludes halogenated alkanes) is 2. The molecule has 6 heteroatoms. The molecular formula is C25H29ClN4S. The van der Waals surface area contributed by atoms with Crippen molar-refractivity contribution in [2.75, 3.05) is 17.2 Å². The van der Waals surface area contributed by atoms with Gasteiger partial charge in [-0.05, 0) is 55.3 Å². The number of pyridine rings is 2. The van der Waals surface area contributed by atoms with Crippen molar-refractivity contribution in [3.63, 3.8) is 0 Å². The van der Waals surface area contributed by atoms with Gasteiger partial charge in [-0.3, -0.25) is 9.97 Å². The minimum absolute atomic E-state index is 0. The summed E-state index contributed by atoms with van der Waals surface area (Å²) in [5, 5.41) is 0.943. The first-order chi connectivity index (χ1) is 14.8. The Kier molecular flexibility index (Phi) is 10.7. The number of aromatic nitrogens is 2. The molecule has 4 rings (SSSR count). The average molecular weight is 453 g/mol. The quantitative estimate of drug-likeness (QED) is 0.250. The van der Waals surface area contributed by atoms with Gasteiger partial charge in [0.2, 0.25) is 0 Å². The van der Waals surface area contributed by atoms with Crippen LogP contribution in [0.25, 0.3) is 10.9 Å². The molecule has 0 amide bonds. The third-order valence-electron chi connectivity index (χ3n) is 4.69. The molecule has 2 aromatic heterocycles. The highest BCUT2D eigenvalue weighted by molar-refractivity contribution is 7.99. The van der Waals surface area contributed by atoms with Crippen LogP contribution in [-0.2, 0) is 6.42 Å². The van der Waals surface area contributed by atoms with Gasteiger partial charge in [0.1, 0.15) is 0 Å². The fraction of sp³-hybridized carbons (Fsp3) is 0.200. The summed E-state index contributed by atoms with van der Waals surface area (Å²) >= 11 is 1.91. The van der Waals surface area contributed by atoms with Gasteiger partial charge in [-0.2, -0.15) is 0 Å². The first-order valence-corrected chi connectivity index (χ1v) is 11.2. The molecule has 0 saturated heterocycles. The Bertz CT molecular complexity index is 1000. The first-order valence-electron chi connectivity index (χ1n) is 10.2. The van der Waals surface area contributed by atoms with Gasteiger partial charge < -0.3 is 11.5 Å². The molecule has 0 aliphatic rings. The molecule has 0 radical (unpaired) electrons. The van der Waals surface area contributed by atoms with Crippen molar-refractivity contribution in [1.82, 2.24) is 9.97 Å². The van der Waals surface area contributed by atoms with E-state index in [9.17, 15) is 0 Å². The Balaban J connectivity index is 0.000000422. The van der Waals surface area contributed by atoms with E-state index in [1.54, 1.807) is 12.4 Å². The van der Waals surface area contributed by atoms with Crippen LogP contribution in [0.5, 0.6) is 0 Å². The lowest BCUT2D eigenvalue weighted by Crippen LogP contribution is -2.04. The van der Waals surface area contributed by atoms with Gasteiger partial charge in [0.25, 0.3) is 0 Å². The predicted octanol–water partition coefficient (Wildman–Crippen LogP) is 6.41. The monoisotopic (exact) mass is 452 g/mol. The summed E-state index contributed by atoms with van der Waals surface area (Å²) in [6, 6.07) is 24.2. The molecule has 0 saturated carbocycles. The molecule has 0 atom stereocenters. The number of benzene rings is 2. The van der Waals surface area contributed by atoms with Crippen LogP contribution in [0.3, 0.4) is 0 Å². The Morgan fingerprint density at radius 1 is 0.710 bits per heavy atom.